The van der Waals surface area contributed by atoms with Crippen LogP contribution in [0.4, 0.5) is 11.5 Å². The number of benzene rings is 3. The van der Waals surface area contributed by atoms with Crippen LogP contribution in [0.25, 0.3) is 44.6 Å². The highest BCUT2D eigenvalue weighted by Gasteiger charge is 2.19. The summed E-state index contributed by atoms with van der Waals surface area (Å²) >= 11 is 0. The summed E-state index contributed by atoms with van der Waals surface area (Å²) in [7, 11) is 0. The van der Waals surface area contributed by atoms with Crippen LogP contribution in [0.2, 0.25) is 0 Å². The van der Waals surface area contributed by atoms with Gasteiger partial charge in [0.15, 0.2) is 11.4 Å². The molecule has 1 aliphatic heterocycles. The van der Waals surface area contributed by atoms with Gasteiger partial charge in [-0.25, -0.2) is 9.97 Å². The van der Waals surface area contributed by atoms with Crippen molar-refractivity contribution in [1.82, 2.24) is 25.2 Å². The number of nitriles is 1. The van der Waals surface area contributed by atoms with E-state index in [1.54, 1.807) is 0 Å². The molecule has 3 N–H and O–H groups in total. The molecule has 0 unspecified atom stereocenters. The number of carbonyl (C=O) groups excluding carboxylic acids is 2. The Balaban J connectivity index is 0.00000144. The summed E-state index contributed by atoms with van der Waals surface area (Å²) < 4.78 is 6.24. The summed E-state index contributed by atoms with van der Waals surface area (Å²) in [5, 5.41) is 27.2. The third kappa shape index (κ3) is 7.70. The Morgan fingerprint density at radius 2 is 1.69 bits per heavy atom. The number of nitrogens with zero attached hydrogens (tertiary/aromatic N) is 5. The molecule has 6 aromatic rings. The Labute approximate surface area is 296 Å². The molecule has 3 aromatic carbocycles. The molecule has 0 bridgehead atoms. The molecule has 4 heterocycles. The third-order valence-electron chi connectivity index (χ3n) is 9.30. The summed E-state index contributed by atoms with van der Waals surface area (Å²) in [4.78, 5) is 33.1. The fourth-order valence-corrected chi connectivity index (χ4v) is 6.58. The predicted octanol–water partition coefficient (Wildman–Crippen LogP) is 6.82. The monoisotopic (exact) mass is 681 g/mol. The van der Waals surface area contributed by atoms with Crippen LogP contribution in [-0.4, -0.2) is 56.8 Å². The van der Waals surface area contributed by atoms with Crippen LogP contribution in [0.5, 0.6) is 0 Å². The van der Waals surface area contributed by atoms with Crippen LogP contribution in [0, 0.1) is 25.2 Å². The van der Waals surface area contributed by atoms with Crippen LogP contribution in [0.15, 0.2) is 77.5 Å². The number of pyridine rings is 2. The third-order valence-corrected chi connectivity index (χ3v) is 9.30. The van der Waals surface area contributed by atoms with E-state index in [2.05, 4.69) is 70.8 Å². The van der Waals surface area contributed by atoms with E-state index in [1.165, 1.54) is 18.4 Å². The predicted molar refractivity (Wildman–Crippen MR) is 195 cm³/mol. The molecule has 0 spiro atoms. The maximum Gasteiger partial charge on any atom is 0.373 e. The van der Waals surface area contributed by atoms with Crippen molar-refractivity contribution in [2.24, 2.45) is 0 Å². The number of hydrogen-bond acceptors (Lipinski definition) is 11. The van der Waals surface area contributed by atoms with Gasteiger partial charge in [0.25, 0.3) is 0 Å². The summed E-state index contributed by atoms with van der Waals surface area (Å²) in [5.74, 6) is 1.20. The van der Waals surface area contributed by atoms with Crippen LogP contribution >= 0.6 is 0 Å². The van der Waals surface area contributed by atoms with Gasteiger partial charge in [-0.15, -0.1) is 0 Å². The number of fused-ring (bicyclic) bond motifs is 2. The minimum Gasteiger partial charge on any atom is -0.435 e. The molecule has 0 radical (unpaired) electrons. The number of aliphatic hydroxyl groups is 1. The number of aliphatic hydroxyl groups excluding tert-OH is 1. The van der Waals surface area contributed by atoms with Gasteiger partial charge in [-0.2, -0.15) is 14.9 Å². The van der Waals surface area contributed by atoms with E-state index in [1.807, 2.05) is 49.6 Å². The first-order valence-corrected chi connectivity index (χ1v) is 16.9. The zero-order valence-electron chi connectivity index (χ0n) is 28.9. The number of hydrogen-bond donors (Lipinski definition) is 3. The number of anilines is 2. The Bertz CT molecular complexity index is 2260. The van der Waals surface area contributed by atoms with Gasteiger partial charge in [0.05, 0.1) is 12.2 Å². The number of rotatable bonds is 10. The highest BCUT2D eigenvalue weighted by molar-refractivity contribution is 5.91. The number of oxazole rings is 1. The van der Waals surface area contributed by atoms with Gasteiger partial charge < -0.3 is 20.2 Å². The van der Waals surface area contributed by atoms with Gasteiger partial charge in [0, 0.05) is 48.2 Å². The fourth-order valence-electron chi connectivity index (χ4n) is 6.58. The smallest absolute Gasteiger partial charge is 0.373 e. The standard InChI is InChI=1S/C39H39N7O2.CO2/c1-24(23-47)42-20-27-16-30(19-40)37-35(18-27)45-39(48-37)33-10-6-8-31(25(33)2)32-9-7-11-34(26(32)3)44-38-36-29(12-13-41-38)17-28(21-43-36)22-46-14-4-5-15-46;2-1-3/h6-13,16-18,21,24,42,47H,4-5,14-15,20,22-23H2,1-3H3,(H,41,44);/t24-;/m0./s1. The summed E-state index contributed by atoms with van der Waals surface area (Å²) in [5.41, 5.74) is 10.6. The fraction of sp³-hybridized carbons (Fsp3) is 0.275. The highest BCUT2D eigenvalue weighted by Crippen LogP contribution is 2.37. The van der Waals surface area contributed by atoms with Crippen molar-refractivity contribution in [2.75, 3.05) is 25.0 Å². The van der Waals surface area contributed by atoms with Crippen LogP contribution in [0.1, 0.15) is 47.6 Å². The lowest BCUT2D eigenvalue weighted by molar-refractivity contribution is -0.191. The molecule has 7 rings (SSSR count). The van der Waals surface area contributed by atoms with E-state index in [9.17, 15) is 10.4 Å². The molecule has 3 aromatic heterocycles. The van der Waals surface area contributed by atoms with Gasteiger partial charge in [0.2, 0.25) is 5.89 Å². The van der Waals surface area contributed by atoms with Crippen molar-refractivity contribution in [3.05, 3.63) is 101 Å². The van der Waals surface area contributed by atoms with Gasteiger partial charge in [0.1, 0.15) is 17.1 Å². The minimum atomic E-state index is -0.0562. The molecular formula is C40H39N7O4. The number of nitrogens with one attached hydrogen (secondary N) is 2. The largest absolute Gasteiger partial charge is 0.435 e. The van der Waals surface area contributed by atoms with E-state index in [4.69, 9.17) is 24.0 Å². The molecule has 0 saturated carbocycles. The van der Waals surface area contributed by atoms with Crippen molar-refractivity contribution in [3.8, 4) is 28.7 Å². The quantitative estimate of drug-likeness (QED) is 0.139. The molecule has 258 valence electrons. The molecule has 1 fully saturated rings. The van der Waals surface area contributed by atoms with Gasteiger partial charge in [-0.1, -0.05) is 24.3 Å². The van der Waals surface area contributed by atoms with Crippen molar-refractivity contribution < 1.29 is 19.1 Å². The van der Waals surface area contributed by atoms with Crippen LogP contribution in [0.3, 0.4) is 0 Å². The maximum absolute atomic E-state index is 9.88. The van der Waals surface area contributed by atoms with Gasteiger partial charge in [-0.05, 0) is 116 Å². The second kappa shape index (κ2) is 15.9. The maximum atomic E-state index is 9.88. The molecule has 1 aliphatic rings. The van der Waals surface area contributed by atoms with E-state index < -0.39 is 0 Å². The Morgan fingerprint density at radius 1 is 0.961 bits per heavy atom. The van der Waals surface area contributed by atoms with Crippen LogP contribution in [-0.2, 0) is 22.7 Å². The van der Waals surface area contributed by atoms with E-state index in [0.29, 0.717) is 29.1 Å². The van der Waals surface area contributed by atoms with Crippen molar-refractivity contribution in [3.63, 3.8) is 0 Å². The summed E-state index contributed by atoms with van der Waals surface area (Å²) in [6.45, 7) is 9.88. The average molecular weight is 682 g/mol. The first kappa shape index (κ1) is 35.1. The first-order valence-electron chi connectivity index (χ1n) is 16.9. The van der Waals surface area contributed by atoms with Crippen molar-refractivity contribution in [1.29, 1.82) is 5.26 Å². The Hall–Kier alpha value is -5.76. The SMILES string of the molecule is Cc1c(Nc2nccc3cc(CN4CCCC4)cnc23)cccc1-c1cccc(-c2nc3cc(CN[C@@H](C)CO)cc(C#N)c3o2)c1C.O=C=O. The Kier molecular flexibility index (Phi) is 10.9. The lowest BCUT2D eigenvalue weighted by Gasteiger charge is -2.17. The number of likely N-dealkylation sites (tertiary alicyclic amines) is 1. The molecule has 11 nitrogen and oxygen atoms in total. The molecule has 1 saturated heterocycles. The Morgan fingerprint density at radius 3 is 2.43 bits per heavy atom. The zero-order chi connectivity index (χ0) is 35.9. The average Bonchev–Trinajstić information content (AvgIpc) is 3.82. The molecular weight excluding hydrogens is 642 g/mol. The lowest BCUT2D eigenvalue weighted by atomic mass is 9.93. The molecule has 1 atom stereocenters. The highest BCUT2D eigenvalue weighted by atomic mass is 16.3. The molecule has 0 amide bonds. The van der Waals surface area contributed by atoms with Gasteiger partial charge >= 0.3 is 6.15 Å². The van der Waals surface area contributed by atoms with Crippen LogP contribution < -0.4 is 10.6 Å². The second-order valence-electron chi connectivity index (χ2n) is 12.8. The molecule has 51 heavy (non-hydrogen) atoms. The van der Waals surface area contributed by atoms with Crippen molar-refractivity contribution >= 4 is 39.7 Å². The number of aromatic nitrogens is 3. The topological polar surface area (TPSA) is 157 Å². The molecule has 11 heteroatoms. The van der Waals surface area contributed by atoms with Gasteiger partial charge in [-0.3, -0.25) is 9.88 Å². The van der Waals surface area contributed by atoms with E-state index in [0.717, 1.165) is 75.4 Å². The first-order chi connectivity index (χ1) is 24.8. The second-order valence-corrected chi connectivity index (χ2v) is 12.8. The normalized spacial score (nSPS) is 13.4. The summed E-state index contributed by atoms with van der Waals surface area (Å²) in [6, 6.07) is 22.6. The minimum absolute atomic E-state index is 0.0343. The van der Waals surface area contributed by atoms with E-state index in [-0.39, 0.29) is 18.8 Å². The summed E-state index contributed by atoms with van der Waals surface area (Å²) in [6.07, 6.45) is 6.61. The molecule has 0 aliphatic carbocycles. The van der Waals surface area contributed by atoms with Crippen molar-refractivity contribution in [2.45, 2.75) is 52.7 Å². The van der Waals surface area contributed by atoms with E-state index >= 15 is 0 Å². The zero-order valence-corrected chi connectivity index (χ0v) is 28.9. The lowest BCUT2D eigenvalue weighted by Crippen LogP contribution is -2.28.